The van der Waals surface area contributed by atoms with Crippen molar-refractivity contribution in [2.75, 3.05) is 38.1 Å². The number of hydrogen-bond acceptors (Lipinski definition) is 6. The quantitative estimate of drug-likeness (QED) is 0.641. The Morgan fingerprint density at radius 1 is 1.03 bits per heavy atom. The lowest BCUT2D eigenvalue weighted by molar-refractivity contribution is 0.234. The third kappa shape index (κ3) is 4.07. The molecule has 1 saturated heterocycles. The van der Waals surface area contributed by atoms with Gasteiger partial charge in [0.1, 0.15) is 5.76 Å². The second-order valence-electron chi connectivity index (χ2n) is 7.66. The molecule has 0 radical (unpaired) electrons. The zero-order valence-corrected chi connectivity index (χ0v) is 16.6. The Bertz CT molecular complexity index is 1050. The van der Waals surface area contributed by atoms with Crippen LogP contribution in [0.15, 0.2) is 51.7 Å². The zero-order valence-electron chi connectivity index (χ0n) is 16.6. The molecule has 3 aromatic rings. The van der Waals surface area contributed by atoms with Crippen molar-refractivity contribution in [1.82, 2.24) is 4.90 Å². The fraction of sp³-hybridized carbons (Fsp3) is 0.348. The van der Waals surface area contributed by atoms with Crippen LogP contribution < -0.4 is 10.3 Å². The number of piperidine rings is 1. The molecule has 1 aliphatic heterocycles. The largest absolute Gasteiger partial charge is 0.504 e. The van der Waals surface area contributed by atoms with Crippen LogP contribution in [0.2, 0.25) is 0 Å². The second kappa shape index (κ2) is 8.17. The fourth-order valence-corrected chi connectivity index (χ4v) is 3.82. The molecular weight excluding hydrogens is 368 g/mol. The smallest absolute Gasteiger partial charge is 0.201 e. The molecule has 0 unspecified atom stereocenters. The van der Waals surface area contributed by atoms with E-state index >= 15 is 0 Å². The summed E-state index contributed by atoms with van der Waals surface area (Å²) in [6, 6.07) is 11.9. The van der Waals surface area contributed by atoms with Crippen molar-refractivity contribution < 1.29 is 14.6 Å². The van der Waals surface area contributed by atoms with Gasteiger partial charge in [-0.1, -0.05) is 6.42 Å². The van der Waals surface area contributed by atoms with E-state index in [4.69, 9.17) is 4.42 Å². The number of hydrogen-bond donors (Lipinski definition) is 2. The van der Waals surface area contributed by atoms with Crippen LogP contribution in [0, 0.1) is 0 Å². The normalized spacial score (nSPS) is 14.9. The van der Waals surface area contributed by atoms with Gasteiger partial charge in [-0.25, -0.2) is 0 Å². The van der Waals surface area contributed by atoms with Crippen LogP contribution in [0.5, 0.6) is 11.5 Å². The predicted octanol–water partition coefficient (Wildman–Crippen LogP) is 3.79. The molecule has 2 N–H and O–H groups in total. The average molecular weight is 394 g/mol. The second-order valence-corrected chi connectivity index (χ2v) is 7.66. The number of aromatic hydroxyl groups is 2. The van der Waals surface area contributed by atoms with Crippen LogP contribution in [0.1, 0.15) is 19.3 Å². The van der Waals surface area contributed by atoms with Gasteiger partial charge in [0.05, 0.1) is 5.39 Å². The number of nitrogens with zero attached hydrogens (tertiary/aromatic N) is 2. The Hall–Kier alpha value is -2.99. The zero-order chi connectivity index (χ0) is 20.4. The Kier molecular flexibility index (Phi) is 5.45. The number of fused-ring (bicyclic) bond motifs is 1. The molecule has 6 nitrogen and oxygen atoms in total. The van der Waals surface area contributed by atoms with Crippen LogP contribution >= 0.6 is 0 Å². The van der Waals surface area contributed by atoms with Gasteiger partial charge < -0.3 is 24.4 Å². The Morgan fingerprint density at radius 2 is 1.76 bits per heavy atom. The van der Waals surface area contributed by atoms with Crippen LogP contribution in [0.3, 0.4) is 0 Å². The highest BCUT2D eigenvalue weighted by Crippen LogP contribution is 2.34. The first-order valence-electron chi connectivity index (χ1n) is 10.1. The van der Waals surface area contributed by atoms with E-state index in [2.05, 4.69) is 16.8 Å². The molecule has 4 rings (SSSR count). The van der Waals surface area contributed by atoms with Crippen LogP contribution in [0.4, 0.5) is 5.69 Å². The summed E-state index contributed by atoms with van der Waals surface area (Å²) in [7, 11) is 2.08. The predicted molar refractivity (Wildman–Crippen MR) is 115 cm³/mol. The van der Waals surface area contributed by atoms with E-state index in [0.717, 1.165) is 24.3 Å². The first kappa shape index (κ1) is 19.3. The summed E-state index contributed by atoms with van der Waals surface area (Å²) in [5.74, 6) is -0.384. The first-order chi connectivity index (χ1) is 14.0. The van der Waals surface area contributed by atoms with Gasteiger partial charge in [-0.05, 0) is 62.3 Å². The third-order valence-electron chi connectivity index (χ3n) is 5.64. The summed E-state index contributed by atoms with van der Waals surface area (Å²) in [5.41, 5.74) is 1.56. The van der Waals surface area contributed by atoms with Gasteiger partial charge in [-0.15, -0.1) is 0 Å². The van der Waals surface area contributed by atoms with E-state index in [1.165, 1.54) is 50.6 Å². The number of rotatable bonds is 5. The summed E-state index contributed by atoms with van der Waals surface area (Å²) in [6.45, 7) is 4.39. The third-order valence-corrected chi connectivity index (χ3v) is 5.64. The molecule has 1 aromatic heterocycles. The average Bonchev–Trinajstić information content (AvgIpc) is 2.75. The van der Waals surface area contributed by atoms with Crippen molar-refractivity contribution in [1.29, 1.82) is 0 Å². The van der Waals surface area contributed by atoms with E-state index in [1.807, 2.05) is 24.3 Å². The number of likely N-dealkylation sites (tertiary alicyclic amines) is 1. The van der Waals surface area contributed by atoms with Crippen LogP contribution in [-0.4, -0.2) is 48.3 Å². The highest BCUT2D eigenvalue weighted by Gasteiger charge is 2.14. The Labute approximate surface area is 169 Å². The summed E-state index contributed by atoms with van der Waals surface area (Å²) in [6.07, 6.45) is 3.93. The van der Waals surface area contributed by atoms with Crippen LogP contribution in [-0.2, 0) is 0 Å². The van der Waals surface area contributed by atoms with Crippen LogP contribution in [0.25, 0.3) is 22.3 Å². The molecule has 1 fully saturated rings. The van der Waals surface area contributed by atoms with Gasteiger partial charge in [0.2, 0.25) is 5.75 Å². The fourth-order valence-electron chi connectivity index (χ4n) is 3.82. The number of phenols is 2. The maximum Gasteiger partial charge on any atom is 0.201 e. The van der Waals surface area contributed by atoms with Crippen molar-refractivity contribution in [2.24, 2.45) is 0 Å². The number of anilines is 1. The number of likely N-dealkylation sites (N-methyl/N-ethyl adjacent to an activating group) is 1. The minimum Gasteiger partial charge on any atom is -0.504 e. The molecule has 0 saturated carbocycles. The summed E-state index contributed by atoms with van der Waals surface area (Å²) in [4.78, 5) is 17.1. The molecule has 0 bridgehead atoms. The number of phenolic OH excluding ortho intramolecular Hbond substituents is 2. The molecule has 1 aliphatic rings. The van der Waals surface area contributed by atoms with Crippen molar-refractivity contribution in [3.63, 3.8) is 0 Å². The molecule has 0 atom stereocenters. The van der Waals surface area contributed by atoms with Gasteiger partial charge in [-0.2, -0.15) is 0 Å². The van der Waals surface area contributed by atoms with Crippen molar-refractivity contribution in [2.45, 2.75) is 19.3 Å². The summed E-state index contributed by atoms with van der Waals surface area (Å²) < 4.78 is 5.74. The van der Waals surface area contributed by atoms with Gasteiger partial charge in [0, 0.05) is 37.5 Å². The maximum absolute atomic E-state index is 12.4. The lowest BCUT2D eigenvalue weighted by atomic mass is 10.1. The first-order valence-corrected chi connectivity index (χ1v) is 10.1. The topological polar surface area (TPSA) is 77.2 Å². The molecule has 2 heterocycles. The van der Waals surface area contributed by atoms with Crippen molar-refractivity contribution >= 4 is 16.7 Å². The van der Waals surface area contributed by atoms with Gasteiger partial charge >= 0.3 is 0 Å². The van der Waals surface area contributed by atoms with Gasteiger partial charge in [0.25, 0.3) is 0 Å². The highest BCUT2D eigenvalue weighted by atomic mass is 16.4. The minimum atomic E-state index is -0.421. The number of benzene rings is 2. The lowest BCUT2D eigenvalue weighted by Crippen LogP contribution is -2.36. The van der Waals surface area contributed by atoms with Crippen molar-refractivity contribution in [3.8, 4) is 22.8 Å². The molecule has 0 spiro atoms. The molecule has 0 amide bonds. The SMILES string of the molecule is CN(CCN1CCCCC1)c1ccc(-c2cc(=O)c3ccc(O)c(O)c3o2)cc1. The van der Waals surface area contributed by atoms with Gasteiger partial charge in [0.15, 0.2) is 16.8 Å². The highest BCUT2D eigenvalue weighted by molar-refractivity contribution is 5.86. The molecule has 29 heavy (non-hydrogen) atoms. The van der Waals surface area contributed by atoms with Gasteiger partial charge in [-0.3, -0.25) is 4.79 Å². The van der Waals surface area contributed by atoms with E-state index in [-0.39, 0.29) is 22.1 Å². The molecule has 0 aliphatic carbocycles. The lowest BCUT2D eigenvalue weighted by Gasteiger charge is -2.29. The molecule has 6 heteroatoms. The molecule has 2 aromatic carbocycles. The molecular formula is C23H26N2O4. The van der Waals surface area contributed by atoms with Crippen molar-refractivity contribution in [3.05, 3.63) is 52.7 Å². The van der Waals surface area contributed by atoms with E-state index < -0.39 is 5.75 Å². The van der Waals surface area contributed by atoms with E-state index in [1.54, 1.807) is 0 Å². The monoisotopic (exact) mass is 394 g/mol. The van der Waals surface area contributed by atoms with E-state index in [9.17, 15) is 15.0 Å². The standard InChI is InChI=1S/C23H26N2O4/c1-24(13-14-25-11-3-2-4-12-25)17-7-5-16(6-8-17)21-15-20(27)18-9-10-19(26)22(28)23(18)29-21/h5-10,15,26,28H,2-4,11-14H2,1H3. The summed E-state index contributed by atoms with van der Waals surface area (Å²) in [5, 5.41) is 20.0. The molecule has 152 valence electrons. The Morgan fingerprint density at radius 3 is 2.48 bits per heavy atom. The maximum atomic E-state index is 12.4. The Balaban J connectivity index is 1.53. The summed E-state index contributed by atoms with van der Waals surface area (Å²) >= 11 is 0. The van der Waals surface area contributed by atoms with E-state index in [0.29, 0.717) is 5.76 Å². The minimum absolute atomic E-state index is 0.00442.